The molecule has 0 aromatic carbocycles. The standard InChI is InChI=1S/C13H20N2O/c1-10(5-13-3-2-4-16-13)15-8-11-6-14-7-12(11)9-15/h2-4,10-12,14H,5-9H2,1H3. The zero-order valence-corrected chi connectivity index (χ0v) is 9.86. The Morgan fingerprint density at radius 1 is 1.44 bits per heavy atom. The number of nitrogens with zero attached hydrogens (tertiary/aromatic N) is 1. The molecule has 3 heteroatoms. The van der Waals surface area contributed by atoms with Crippen LogP contribution in [0.1, 0.15) is 12.7 Å². The summed E-state index contributed by atoms with van der Waals surface area (Å²) in [5.41, 5.74) is 0. The molecule has 2 aliphatic heterocycles. The van der Waals surface area contributed by atoms with E-state index >= 15 is 0 Å². The Balaban J connectivity index is 1.58. The number of rotatable bonds is 3. The number of furan rings is 1. The minimum Gasteiger partial charge on any atom is -0.469 e. The highest BCUT2D eigenvalue weighted by molar-refractivity contribution is 5.01. The third-order valence-electron chi connectivity index (χ3n) is 4.12. The largest absolute Gasteiger partial charge is 0.469 e. The predicted octanol–water partition coefficient (Wildman–Crippen LogP) is 1.36. The van der Waals surface area contributed by atoms with Crippen molar-refractivity contribution in [2.24, 2.45) is 11.8 Å². The van der Waals surface area contributed by atoms with E-state index in [9.17, 15) is 0 Å². The van der Waals surface area contributed by atoms with E-state index in [1.807, 2.05) is 6.07 Å². The predicted molar refractivity (Wildman–Crippen MR) is 63.3 cm³/mol. The first-order valence-electron chi connectivity index (χ1n) is 6.30. The lowest BCUT2D eigenvalue weighted by Crippen LogP contribution is -2.35. The van der Waals surface area contributed by atoms with Gasteiger partial charge in [0.2, 0.25) is 0 Å². The maximum atomic E-state index is 5.42. The monoisotopic (exact) mass is 220 g/mol. The minimum atomic E-state index is 0.608. The van der Waals surface area contributed by atoms with E-state index in [-0.39, 0.29) is 0 Å². The van der Waals surface area contributed by atoms with E-state index in [2.05, 4.69) is 23.2 Å². The van der Waals surface area contributed by atoms with E-state index < -0.39 is 0 Å². The van der Waals surface area contributed by atoms with Crippen molar-refractivity contribution in [3.63, 3.8) is 0 Å². The highest BCUT2D eigenvalue weighted by Gasteiger charge is 2.37. The third kappa shape index (κ3) is 1.89. The summed E-state index contributed by atoms with van der Waals surface area (Å²) in [7, 11) is 0. The fourth-order valence-corrected chi connectivity index (χ4v) is 3.10. The topological polar surface area (TPSA) is 28.4 Å². The van der Waals surface area contributed by atoms with Crippen molar-refractivity contribution < 1.29 is 4.42 Å². The van der Waals surface area contributed by atoms with Crippen LogP contribution in [0, 0.1) is 11.8 Å². The quantitative estimate of drug-likeness (QED) is 0.834. The molecule has 0 radical (unpaired) electrons. The van der Waals surface area contributed by atoms with Gasteiger partial charge in [-0.05, 0) is 44.0 Å². The van der Waals surface area contributed by atoms with Crippen LogP contribution in [0.3, 0.4) is 0 Å². The van der Waals surface area contributed by atoms with Gasteiger partial charge in [-0.2, -0.15) is 0 Å². The van der Waals surface area contributed by atoms with Crippen molar-refractivity contribution in [2.75, 3.05) is 26.2 Å². The molecule has 16 heavy (non-hydrogen) atoms. The summed E-state index contributed by atoms with van der Waals surface area (Å²) in [4.78, 5) is 2.62. The van der Waals surface area contributed by atoms with Gasteiger partial charge >= 0.3 is 0 Å². The fourth-order valence-electron chi connectivity index (χ4n) is 3.10. The molecule has 3 unspecified atom stereocenters. The van der Waals surface area contributed by atoms with E-state index in [1.54, 1.807) is 6.26 Å². The molecule has 3 atom stereocenters. The second kappa shape index (κ2) is 4.22. The molecule has 2 fully saturated rings. The summed E-state index contributed by atoms with van der Waals surface area (Å²) >= 11 is 0. The van der Waals surface area contributed by atoms with Crippen molar-refractivity contribution in [1.29, 1.82) is 0 Å². The average molecular weight is 220 g/mol. The molecule has 3 heterocycles. The van der Waals surface area contributed by atoms with Gasteiger partial charge in [0, 0.05) is 25.6 Å². The third-order valence-corrected chi connectivity index (χ3v) is 4.12. The van der Waals surface area contributed by atoms with Crippen molar-refractivity contribution in [3.05, 3.63) is 24.2 Å². The van der Waals surface area contributed by atoms with Gasteiger partial charge in [-0.1, -0.05) is 0 Å². The Labute approximate surface area is 96.8 Å². The molecule has 0 bridgehead atoms. The first-order chi connectivity index (χ1) is 7.83. The normalized spacial score (nSPS) is 31.8. The lowest BCUT2D eigenvalue weighted by molar-refractivity contribution is 0.231. The Morgan fingerprint density at radius 2 is 2.19 bits per heavy atom. The van der Waals surface area contributed by atoms with Gasteiger partial charge in [-0.15, -0.1) is 0 Å². The smallest absolute Gasteiger partial charge is 0.105 e. The Bertz CT molecular complexity index is 324. The van der Waals surface area contributed by atoms with Crippen LogP contribution < -0.4 is 5.32 Å². The van der Waals surface area contributed by atoms with Gasteiger partial charge in [0.25, 0.3) is 0 Å². The van der Waals surface area contributed by atoms with Crippen LogP contribution >= 0.6 is 0 Å². The lowest BCUT2D eigenvalue weighted by atomic mass is 10.0. The van der Waals surface area contributed by atoms with E-state index in [0.717, 1.165) is 24.0 Å². The maximum Gasteiger partial charge on any atom is 0.105 e. The number of hydrogen-bond donors (Lipinski definition) is 1. The van der Waals surface area contributed by atoms with Crippen LogP contribution in [-0.4, -0.2) is 37.1 Å². The summed E-state index contributed by atoms with van der Waals surface area (Å²) in [5.74, 6) is 2.89. The molecule has 2 saturated heterocycles. The molecular formula is C13H20N2O. The molecular weight excluding hydrogens is 200 g/mol. The molecule has 3 rings (SSSR count). The van der Waals surface area contributed by atoms with Crippen LogP contribution in [0.2, 0.25) is 0 Å². The summed E-state index contributed by atoms with van der Waals surface area (Å²) in [5, 5.41) is 3.48. The summed E-state index contributed by atoms with van der Waals surface area (Å²) < 4.78 is 5.42. The molecule has 1 aromatic heterocycles. The number of likely N-dealkylation sites (tertiary alicyclic amines) is 1. The Hall–Kier alpha value is -0.800. The summed E-state index contributed by atoms with van der Waals surface area (Å²) in [6, 6.07) is 4.66. The van der Waals surface area contributed by atoms with Crippen molar-refractivity contribution >= 4 is 0 Å². The molecule has 3 nitrogen and oxygen atoms in total. The van der Waals surface area contributed by atoms with Gasteiger partial charge in [0.05, 0.1) is 6.26 Å². The number of fused-ring (bicyclic) bond motifs is 1. The van der Waals surface area contributed by atoms with Crippen LogP contribution in [0.4, 0.5) is 0 Å². The van der Waals surface area contributed by atoms with Gasteiger partial charge in [-0.25, -0.2) is 0 Å². The molecule has 88 valence electrons. The van der Waals surface area contributed by atoms with E-state index in [4.69, 9.17) is 4.42 Å². The first-order valence-corrected chi connectivity index (χ1v) is 6.30. The van der Waals surface area contributed by atoms with E-state index in [0.29, 0.717) is 6.04 Å². The second-order valence-corrected chi connectivity index (χ2v) is 5.26. The maximum absolute atomic E-state index is 5.42. The molecule has 0 aliphatic carbocycles. The van der Waals surface area contributed by atoms with Crippen molar-refractivity contribution in [3.8, 4) is 0 Å². The van der Waals surface area contributed by atoms with Gasteiger partial charge in [-0.3, -0.25) is 4.90 Å². The molecule has 0 spiro atoms. The summed E-state index contributed by atoms with van der Waals surface area (Å²) in [6.07, 6.45) is 2.81. The average Bonchev–Trinajstić information content (AvgIpc) is 2.91. The fraction of sp³-hybridized carbons (Fsp3) is 0.692. The lowest BCUT2D eigenvalue weighted by Gasteiger charge is -2.24. The second-order valence-electron chi connectivity index (χ2n) is 5.26. The highest BCUT2D eigenvalue weighted by atomic mass is 16.3. The number of hydrogen-bond acceptors (Lipinski definition) is 3. The van der Waals surface area contributed by atoms with Gasteiger partial charge in [0.15, 0.2) is 0 Å². The Morgan fingerprint density at radius 3 is 2.81 bits per heavy atom. The van der Waals surface area contributed by atoms with Crippen LogP contribution in [-0.2, 0) is 6.42 Å². The summed E-state index contributed by atoms with van der Waals surface area (Å²) in [6.45, 7) is 7.28. The van der Waals surface area contributed by atoms with Crippen LogP contribution in [0.25, 0.3) is 0 Å². The van der Waals surface area contributed by atoms with Gasteiger partial charge in [0.1, 0.15) is 5.76 Å². The SMILES string of the molecule is CC(Cc1ccco1)N1CC2CNCC2C1. The number of nitrogens with one attached hydrogen (secondary N) is 1. The van der Waals surface area contributed by atoms with Gasteiger partial charge < -0.3 is 9.73 Å². The zero-order chi connectivity index (χ0) is 11.0. The van der Waals surface area contributed by atoms with Crippen LogP contribution in [0.5, 0.6) is 0 Å². The first kappa shape index (κ1) is 10.4. The molecule has 0 saturated carbocycles. The van der Waals surface area contributed by atoms with Crippen molar-refractivity contribution in [2.45, 2.75) is 19.4 Å². The van der Waals surface area contributed by atoms with Crippen LogP contribution in [0.15, 0.2) is 22.8 Å². The van der Waals surface area contributed by atoms with E-state index in [1.165, 1.54) is 26.2 Å². The molecule has 1 aromatic rings. The minimum absolute atomic E-state index is 0.608. The van der Waals surface area contributed by atoms with Crippen molar-refractivity contribution in [1.82, 2.24) is 10.2 Å². The highest BCUT2D eigenvalue weighted by Crippen LogP contribution is 2.28. The molecule has 0 amide bonds. The zero-order valence-electron chi connectivity index (χ0n) is 9.86. The molecule has 1 N–H and O–H groups in total. The molecule has 2 aliphatic rings. The Kier molecular flexibility index (Phi) is 2.74.